The van der Waals surface area contributed by atoms with Crippen molar-refractivity contribution in [1.82, 2.24) is 9.47 Å². The molecule has 0 spiro atoms. The Bertz CT molecular complexity index is 1280. The van der Waals surface area contributed by atoms with Crippen molar-refractivity contribution in [3.05, 3.63) is 23.0 Å². The maximum atomic E-state index is 12.7. The van der Waals surface area contributed by atoms with E-state index in [-0.39, 0.29) is 24.0 Å². The molecule has 1 fully saturated rings. The molecule has 0 N–H and O–H groups in total. The third kappa shape index (κ3) is 7.16. The molecule has 0 radical (unpaired) electrons. The third-order valence-electron chi connectivity index (χ3n) is 5.88. The molecule has 12 heteroatoms. The van der Waals surface area contributed by atoms with Gasteiger partial charge in [-0.2, -0.15) is 4.99 Å². The average Bonchev–Trinajstić information content (AvgIpc) is 3.14. The van der Waals surface area contributed by atoms with Crippen LogP contribution in [-0.2, 0) is 35.5 Å². The van der Waals surface area contributed by atoms with Crippen LogP contribution in [0.15, 0.2) is 23.2 Å². The standard InChI is InChI=1S/C24H33N3O7S2/c1-4-17-9-7-8-12-26(17)22(29)16-36(31,32)15-21(28)25-24-27(14-23(30)34-6-3)19-11-10-18(33-5-2)13-20(19)35-24/h10-11,13,17H,4-9,12,14-16H2,1-3H3. The van der Waals surface area contributed by atoms with Crippen LogP contribution in [-0.4, -0.2) is 73.0 Å². The number of fused-ring (bicyclic) bond motifs is 1. The van der Waals surface area contributed by atoms with Crippen molar-refractivity contribution in [2.75, 3.05) is 31.3 Å². The molecule has 0 bridgehead atoms. The number of rotatable bonds is 10. The smallest absolute Gasteiger partial charge is 0.326 e. The van der Waals surface area contributed by atoms with Gasteiger partial charge in [0.2, 0.25) is 5.91 Å². The number of hydrogen-bond donors (Lipinski definition) is 0. The number of aromatic nitrogens is 1. The highest BCUT2D eigenvalue weighted by atomic mass is 32.2. The molecule has 10 nitrogen and oxygen atoms in total. The first-order valence-electron chi connectivity index (χ1n) is 12.2. The number of piperidine rings is 1. The summed E-state index contributed by atoms with van der Waals surface area (Å²) in [5.74, 6) is -2.87. The number of thiazole rings is 1. The van der Waals surface area contributed by atoms with E-state index in [9.17, 15) is 22.8 Å². The number of sulfone groups is 1. The Morgan fingerprint density at radius 3 is 2.58 bits per heavy atom. The number of esters is 1. The van der Waals surface area contributed by atoms with Gasteiger partial charge in [0.1, 0.15) is 23.8 Å². The van der Waals surface area contributed by atoms with Gasteiger partial charge >= 0.3 is 5.97 Å². The molecule has 1 atom stereocenters. The van der Waals surface area contributed by atoms with Crippen LogP contribution < -0.4 is 9.54 Å². The summed E-state index contributed by atoms with van der Waals surface area (Å²) in [4.78, 5) is 43.4. The summed E-state index contributed by atoms with van der Waals surface area (Å²) < 4.78 is 38.2. The lowest BCUT2D eigenvalue weighted by molar-refractivity contribution is -0.143. The van der Waals surface area contributed by atoms with Crippen molar-refractivity contribution >= 4 is 49.2 Å². The predicted molar refractivity (Wildman–Crippen MR) is 136 cm³/mol. The van der Waals surface area contributed by atoms with Gasteiger partial charge < -0.3 is 18.9 Å². The molecule has 1 aromatic carbocycles. The number of carbonyl (C=O) groups is 3. The lowest BCUT2D eigenvalue weighted by Gasteiger charge is -2.35. The fourth-order valence-electron chi connectivity index (χ4n) is 4.29. The molecular formula is C24H33N3O7S2. The zero-order valence-corrected chi connectivity index (χ0v) is 22.5. The third-order valence-corrected chi connectivity index (χ3v) is 8.30. The Hall–Kier alpha value is -2.73. The topological polar surface area (TPSA) is 124 Å². The molecule has 198 valence electrons. The molecular weight excluding hydrogens is 506 g/mol. The lowest BCUT2D eigenvalue weighted by Crippen LogP contribution is -2.46. The van der Waals surface area contributed by atoms with E-state index in [0.29, 0.717) is 29.1 Å². The largest absolute Gasteiger partial charge is 0.494 e. The molecule has 0 saturated carbocycles. The highest BCUT2D eigenvalue weighted by Gasteiger charge is 2.29. The van der Waals surface area contributed by atoms with Gasteiger partial charge in [-0.1, -0.05) is 18.3 Å². The predicted octanol–water partition coefficient (Wildman–Crippen LogP) is 2.30. The van der Waals surface area contributed by atoms with E-state index in [1.807, 2.05) is 13.8 Å². The van der Waals surface area contributed by atoms with Gasteiger partial charge in [-0.25, -0.2) is 8.42 Å². The first-order chi connectivity index (χ1) is 17.2. The Labute approximate surface area is 214 Å². The second kappa shape index (κ2) is 12.5. The first-order valence-corrected chi connectivity index (χ1v) is 14.8. The molecule has 1 unspecified atom stereocenters. The van der Waals surface area contributed by atoms with Crippen LogP contribution in [0.1, 0.15) is 46.5 Å². The molecule has 1 aliphatic rings. The van der Waals surface area contributed by atoms with E-state index >= 15 is 0 Å². The molecule has 1 aliphatic heterocycles. The van der Waals surface area contributed by atoms with Gasteiger partial charge in [0.25, 0.3) is 5.91 Å². The quantitative estimate of drug-likeness (QED) is 0.424. The number of nitrogens with zero attached hydrogens (tertiary/aromatic N) is 3. The van der Waals surface area contributed by atoms with Crippen molar-refractivity contribution in [3.8, 4) is 5.75 Å². The second-order valence-electron chi connectivity index (χ2n) is 8.52. The van der Waals surface area contributed by atoms with Gasteiger partial charge in [0.05, 0.1) is 23.4 Å². The number of ether oxygens (including phenoxy) is 2. The highest BCUT2D eigenvalue weighted by molar-refractivity contribution is 7.92. The average molecular weight is 540 g/mol. The molecule has 0 aliphatic carbocycles. The Balaban J connectivity index is 1.84. The van der Waals surface area contributed by atoms with E-state index < -0.39 is 39.1 Å². The first kappa shape index (κ1) is 27.9. The van der Waals surface area contributed by atoms with Crippen molar-refractivity contribution in [3.63, 3.8) is 0 Å². The monoisotopic (exact) mass is 539 g/mol. The van der Waals surface area contributed by atoms with Crippen LogP contribution in [0.5, 0.6) is 5.75 Å². The normalized spacial score (nSPS) is 16.8. The minimum absolute atomic E-state index is 0.0313. The van der Waals surface area contributed by atoms with Gasteiger partial charge in [-0.3, -0.25) is 14.4 Å². The number of amides is 2. The van der Waals surface area contributed by atoms with Crippen LogP contribution in [0, 0.1) is 0 Å². The van der Waals surface area contributed by atoms with Crippen molar-refractivity contribution in [2.45, 2.75) is 59.0 Å². The fraction of sp³-hybridized carbons (Fsp3) is 0.583. The number of benzene rings is 1. The molecule has 2 amide bonds. The molecule has 2 heterocycles. The summed E-state index contributed by atoms with van der Waals surface area (Å²) in [6.45, 7) is 6.54. The molecule has 1 saturated heterocycles. The summed E-state index contributed by atoms with van der Waals surface area (Å²) in [5, 5.41) is 0. The summed E-state index contributed by atoms with van der Waals surface area (Å²) in [7, 11) is -4.02. The zero-order chi connectivity index (χ0) is 26.3. The van der Waals surface area contributed by atoms with E-state index in [4.69, 9.17) is 9.47 Å². The van der Waals surface area contributed by atoms with Crippen molar-refractivity contribution < 1.29 is 32.3 Å². The SMILES string of the molecule is CCOC(=O)Cn1c(=NC(=O)CS(=O)(=O)CC(=O)N2CCCCC2CC)sc2cc(OCC)ccc21. The number of hydrogen-bond acceptors (Lipinski definition) is 8. The summed E-state index contributed by atoms with van der Waals surface area (Å²) in [6.07, 6.45) is 3.47. The fourth-order valence-corrected chi connectivity index (χ4v) is 6.45. The van der Waals surface area contributed by atoms with Crippen molar-refractivity contribution in [2.24, 2.45) is 4.99 Å². The van der Waals surface area contributed by atoms with E-state index in [2.05, 4.69) is 4.99 Å². The second-order valence-corrected chi connectivity index (χ2v) is 11.6. The number of likely N-dealkylation sites (tertiary alicyclic amines) is 1. The molecule has 3 rings (SSSR count). The van der Waals surface area contributed by atoms with E-state index in [1.54, 1.807) is 30.0 Å². The Kier molecular flexibility index (Phi) is 9.66. The van der Waals surface area contributed by atoms with E-state index in [0.717, 1.165) is 37.0 Å². The zero-order valence-electron chi connectivity index (χ0n) is 20.9. The number of carbonyl (C=O) groups excluding carboxylic acids is 3. The van der Waals surface area contributed by atoms with Crippen LogP contribution in [0.3, 0.4) is 0 Å². The minimum Gasteiger partial charge on any atom is -0.494 e. The van der Waals surface area contributed by atoms with E-state index in [1.165, 1.54) is 4.57 Å². The summed E-state index contributed by atoms with van der Waals surface area (Å²) >= 11 is 1.14. The van der Waals surface area contributed by atoms with Crippen LogP contribution >= 0.6 is 11.3 Å². The maximum Gasteiger partial charge on any atom is 0.326 e. The van der Waals surface area contributed by atoms with Gasteiger partial charge in [-0.05, 0) is 57.7 Å². The Morgan fingerprint density at radius 1 is 1.11 bits per heavy atom. The highest BCUT2D eigenvalue weighted by Crippen LogP contribution is 2.24. The lowest BCUT2D eigenvalue weighted by atomic mass is 10.0. The summed E-state index contributed by atoms with van der Waals surface area (Å²) in [5.41, 5.74) is 0.636. The molecule has 36 heavy (non-hydrogen) atoms. The Morgan fingerprint density at radius 2 is 1.89 bits per heavy atom. The van der Waals surface area contributed by atoms with Crippen molar-refractivity contribution in [1.29, 1.82) is 0 Å². The summed E-state index contributed by atoms with van der Waals surface area (Å²) in [6, 6.07) is 5.29. The van der Waals surface area contributed by atoms with Gasteiger partial charge in [-0.15, -0.1) is 0 Å². The molecule has 1 aromatic heterocycles. The minimum atomic E-state index is -4.02. The van der Waals surface area contributed by atoms with Gasteiger partial charge in [0, 0.05) is 12.6 Å². The van der Waals surface area contributed by atoms with Crippen LogP contribution in [0.25, 0.3) is 10.2 Å². The molecule has 2 aromatic rings. The van der Waals surface area contributed by atoms with Crippen LogP contribution in [0.2, 0.25) is 0 Å². The van der Waals surface area contributed by atoms with Crippen LogP contribution in [0.4, 0.5) is 0 Å². The maximum absolute atomic E-state index is 12.7. The van der Waals surface area contributed by atoms with Gasteiger partial charge in [0.15, 0.2) is 14.6 Å².